The molecular formula is C21H23ClN4OS. The first-order chi connectivity index (χ1) is 13.5. The third-order valence-corrected chi connectivity index (χ3v) is 5.65. The number of hydrogen-bond donors (Lipinski definition) is 1. The maximum absolute atomic E-state index is 12.5. The fraction of sp³-hybridized carbons (Fsp3) is 0.286. The monoisotopic (exact) mass is 414 g/mol. The average Bonchev–Trinajstić information content (AvgIpc) is 3.10. The average molecular weight is 415 g/mol. The molecule has 0 aliphatic heterocycles. The molecule has 5 nitrogen and oxygen atoms in total. The number of amides is 1. The normalized spacial score (nSPS) is 12.0. The van der Waals surface area contributed by atoms with Gasteiger partial charge in [-0.2, -0.15) is 0 Å². The van der Waals surface area contributed by atoms with Crippen molar-refractivity contribution in [3.8, 4) is 0 Å². The van der Waals surface area contributed by atoms with Crippen LogP contribution in [-0.4, -0.2) is 20.7 Å². The van der Waals surface area contributed by atoms with Gasteiger partial charge in [0.05, 0.1) is 6.04 Å². The lowest BCUT2D eigenvalue weighted by molar-refractivity contribution is 0.0937. The van der Waals surface area contributed by atoms with Crippen molar-refractivity contribution in [3.63, 3.8) is 0 Å². The van der Waals surface area contributed by atoms with Crippen LogP contribution in [0.3, 0.4) is 0 Å². The van der Waals surface area contributed by atoms with Gasteiger partial charge in [-0.15, -0.1) is 10.2 Å². The lowest BCUT2D eigenvalue weighted by Crippen LogP contribution is -2.28. The second kappa shape index (κ2) is 9.26. The molecule has 0 bridgehead atoms. The molecule has 0 aliphatic rings. The van der Waals surface area contributed by atoms with E-state index in [0.717, 1.165) is 33.9 Å². The molecule has 0 unspecified atom stereocenters. The molecular weight excluding hydrogens is 392 g/mol. The van der Waals surface area contributed by atoms with E-state index >= 15 is 0 Å². The fourth-order valence-electron chi connectivity index (χ4n) is 2.88. The predicted octanol–water partition coefficient (Wildman–Crippen LogP) is 5.04. The number of rotatable bonds is 7. The number of benzene rings is 2. The molecule has 1 heterocycles. The molecule has 3 rings (SSSR count). The zero-order valence-corrected chi connectivity index (χ0v) is 17.7. The molecule has 0 spiro atoms. The Hall–Kier alpha value is -2.31. The van der Waals surface area contributed by atoms with Gasteiger partial charge in [0.25, 0.3) is 5.91 Å². The van der Waals surface area contributed by atoms with Crippen LogP contribution in [0.4, 0.5) is 0 Å². The van der Waals surface area contributed by atoms with Gasteiger partial charge in [0.1, 0.15) is 0 Å². The van der Waals surface area contributed by atoms with Crippen molar-refractivity contribution in [1.29, 1.82) is 0 Å². The van der Waals surface area contributed by atoms with Crippen LogP contribution in [0.2, 0.25) is 5.02 Å². The number of thioether (sulfide) groups is 1. The lowest BCUT2D eigenvalue weighted by atomic mass is 10.1. The van der Waals surface area contributed by atoms with Gasteiger partial charge < -0.3 is 9.88 Å². The Morgan fingerprint density at radius 3 is 2.64 bits per heavy atom. The molecule has 0 radical (unpaired) electrons. The molecule has 7 heteroatoms. The van der Waals surface area contributed by atoms with Crippen LogP contribution in [0, 0.1) is 6.92 Å². The van der Waals surface area contributed by atoms with Crippen LogP contribution >= 0.6 is 23.4 Å². The van der Waals surface area contributed by atoms with Crippen LogP contribution in [0.25, 0.3) is 0 Å². The Bertz CT molecular complexity index is 955. The highest BCUT2D eigenvalue weighted by Crippen LogP contribution is 2.25. The Labute approximate surface area is 174 Å². The third kappa shape index (κ3) is 4.94. The number of carbonyl (C=O) groups excluding carboxylic acids is 1. The van der Waals surface area contributed by atoms with Gasteiger partial charge in [0.2, 0.25) is 0 Å². The summed E-state index contributed by atoms with van der Waals surface area (Å²) in [4.78, 5) is 12.5. The molecule has 1 aromatic heterocycles. The molecule has 0 saturated heterocycles. The van der Waals surface area contributed by atoms with Crippen molar-refractivity contribution < 1.29 is 4.79 Å². The zero-order chi connectivity index (χ0) is 20.1. The summed E-state index contributed by atoms with van der Waals surface area (Å²) in [5, 5.41) is 13.3. The van der Waals surface area contributed by atoms with E-state index in [9.17, 15) is 4.79 Å². The van der Waals surface area contributed by atoms with Crippen LogP contribution in [0.15, 0.2) is 53.7 Å². The highest BCUT2D eigenvalue weighted by Gasteiger charge is 2.19. The number of nitrogens with zero attached hydrogens (tertiary/aromatic N) is 3. The maximum Gasteiger partial charge on any atom is 0.251 e. The number of halogens is 1. The molecule has 1 N–H and O–H groups in total. The molecule has 1 atom stereocenters. The predicted molar refractivity (Wildman–Crippen MR) is 114 cm³/mol. The zero-order valence-electron chi connectivity index (χ0n) is 16.1. The summed E-state index contributed by atoms with van der Waals surface area (Å²) in [5.41, 5.74) is 2.87. The Kier molecular flexibility index (Phi) is 6.75. The Balaban J connectivity index is 1.69. The summed E-state index contributed by atoms with van der Waals surface area (Å²) in [6.45, 7) is 6.68. The molecule has 28 heavy (non-hydrogen) atoms. The molecule has 1 amide bonds. The second-order valence-electron chi connectivity index (χ2n) is 6.56. The summed E-state index contributed by atoms with van der Waals surface area (Å²) in [6.07, 6.45) is 0. The largest absolute Gasteiger partial charge is 0.342 e. The van der Waals surface area contributed by atoms with Gasteiger partial charge in [-0.05, 0) is 50.6 Å². The maximum atomic E-state index is 12.5. The van der Waals surface area contributed by atoms with Gasteiger partial charge >= 0.3 is 0 Å². The van der Waals surface area contributed by atoms with Gasteiger partial charge in [-0.3, -0.25) is 4.79 Å². The van der Waals surface area contributed by atoms with Gasteiger partial charge in [0.15, 0.2) is 11.0 Å². The van der Waals surface area contributed by atoms with Crippen molar-refractivity contribution in [2.24, 2.45) is 0 Å². The fourth-order valence-corrected chi connectivity index (χ4v) is 3.97. The second-order valence-corrected chi connectivity index (χ2v) is 7.94. The molecule has 0 aliphatic carbocycles. The summed E-state index contributed by atoms with van der Waals surface area (Å²) in [6, 6.07) is 15.1. The molecule has 0 fully saturated rings. The van der Waals surface area contributed by atoms with Gasteiger partial charge in [0, 0.05) is 22.9 Å². The minimum Gasteiger partial charge on any atom is -0.342 e. The van der Waals surface area contributed by atoms with Crippen LogP contribution in [-0.2, 0) is 12.3 Å². The van der Waals surface area contributed by atoms with E-state index in [2.05, 4.69) is 15.5 Å². The first kappa shape index (κ1) is 20.4. The number of aryl methyl sites for hydroxylation is 1. The Morgan fingerprint density at radius 2 is 1.96 bits per heavy atom. The SMILES string of the molecule is CCn1c(SCc2ccc(Cl)cc2)nnc1[C@@H](C)NC(=O)c1cccc(C)c1. The molecule has 3 aromatic rings. The highest BCUT2D eigenvalue weighted by atomic mass is 35.5. The van der Waals surface area contributed by atoms with Crippen molar-refractivity contribution in [2.45, 2.75) is 44.3 Å². The van der Waals surface area contributed by atoms with Crippen molar-refractivity contribution in [2.75, 3.05) is 0 Å². The number of aromatic nitrogens is 3. The van der Waals surface area contributed by atoms with Crippen LogP contribution in [0.5, 0.6) is 0 Å². The molecule has 0 saturated carbocycles. The van der Waals surface area contributed by atoms with E-state index in [-0.39, 0.29) is 11.9 Å². The highest BCUT2D eigenvalue weighted by molar-refractivity contribution is 7.98. The number of hydrogen-bond acceptors (Lipinski definition) is 4. The van der Waals surface area contributed by atoms with E-state index < -0.39 is 0 Å². The van der Waals surface area contributed by atoms with E-state index in [1.807, 2.05) is 73.9 Å². The number of nitrogens with one attached hydrogen (secondary N) is 1. The minimum atomic E-state index is -0.245. The first-order valence-corrected chi connectivity index (χ1v) is 10.5. The standard InChI is InChI=1S/C21H23ClN4OS/c1-4-26-19(15(3)23-20(27)17-7-5-6-14(2)12-17)24-25-21(26)28-13-16-8-10-18(22)11-9-16/h5-12,15H,4,13H2,1-3H3,(H,23,27)/t15-/m1/s1. The molecule has 146 valence electrons. The Morgan fingerprint density at radius 1 is 1.21 bits per heavy atom. The van der Waals surface area contributed by atoms with Gasteiger partial charge in [-0.1, -0.05) is 53.2 Å². The van der Waals surface area contributed by atoms with Crippen molar-refractivity contribution in [3.05, 3.63) is 76.1 Å². The van der Waals surface area contributed by atoms with Crippen molar-refractivity contribution in [1.82, 2.24) is 20.1 Å². The van der Waals surface area contributed by atoms with E-state index in [1.54, 1.807) is 11.8 Å². The van der Waals surface area contributed by atoms with Crippen LogP contribution < -0.4 is 5.32 Å². The van der Waals surface area contributed by atoms with Gasteiger partial charge in [-0.25, -0.2) is 0 Å². The topological polar surface area (TPSA) is 59.8 Å². The summed E-state index contributed by atoms with van der Waals surface area (Å²) >= 11 is 7.56. The minimum absolute atomic E-state index is 0.114. The summed E-state index contributed by atoms with van der Waals surface area (Å²) in [5.74, 6) is 1.42. The van der Waals surface area contributed by atoms with E-state index in [4.69, 9.17) is 11.6 Å². The van der Waals surface area contributed by atoms with Crippen molar-refractivity contribution >= 4 is 29.3 Å². The first-order valence-electron chi connectivity index (χ1n) is 9.15. The quantitative estimate of drug-likeness (QED) is 0.550. The smallest absolute Gasteiger partial charge is 0.251 e. The summed E-state index contributed by atoms with van der Waals surface area (Å²) < 4.78 is 2.04. The molecule has 2 aromatic carbocycles. The third-order valence-electron chi connectivity index (χ3n) is 4.36. The number of carbonyl (C=O) groups is 1. The summed E-state index contributed by atoms with van der Waals surface area (Å²) in [7, 11) is 0. The van der Waals surface area contributed by atoms with E-state index in [0.29, 0.717) is 5.56 Å². The van der Waals surface area contributed by atoms with Crippen LogP contribution in [0.1, 0.15) is 47.2 Å². The lowest BCUT2D eigenvalue weighted by Gasteiger charge is -2.15. The van der Waals surface area contributed by atoms with E-state index in [1.165, 1.54) is 5.56 Å².